The Morgan fingerprint density at radius 3 is 1.25 bits per heavy atom. The van der Waals surface area contributed by atoms with Crippen LogP contribution >= 0.6 is 0 Å². The van der Waals surface area contributed by atoms with Gasteiger partial charge in [-0.3, -0.25) is 0 Å². The van der Waals surface area contributed by atoms with Crippen LogP contribution in [0.15, 0.2) is 0 Å². The van der Waals surface area contributed by atoms with Crippen LogP contribution in [0.1, 0.15) is 53.4 Å². The second-order valence-corrected chi connectivity index (χ2v) is 5.89. The van der Waals surface area contributed by atoms with Gasteiger partial charge in [0.05, 0.1) is 0 Å². The smallest absolute Gasteiger partial charge is 0.0263 e. The third-order valence-electron chi connectivity index (χ3n) is 4.98. The number of hydrogen-bond donors (Lipinski definition) is 0. The van der Waals surface area contributed by atoms with Gasteiger partial charge in [0.1, 0.15) is 0 Å². The first kappa shape index (κ1) is 8.59. The van der Waals surface area contributed by atoms with Crippen LogP contribution in [-0.2, 0) is 0 Å². The molecule has 3 rings (SSSR count). The molecule has 0 aromatic rings. The molecule has 0 heteroatoms. The van der Waals surface area contributed by atoms with Gasteiger partial charge in [-0.15, -0.1) is 0 Å². The fourth-order valence-corrected chi connectivity index (χ4v) is 3.60. The average molecular weight is 166 g/mol. The summed E-state index contributed by atoms with van der Waals surface area (Å²) in [7, 11) is 0. The van der Waals surface area contributed by atoms with E-state index in [0.717, 1.165) is 22.7 Å². The Kier molecular flexibility index (Phi) is 1.63. The molecule has 0 aromatic carbocycles. The highest BCUT2D eigenvalue weighted by atomic mass is 14.7. The minimum absolute atomic E-state index is 0.782. The fourth-order valence-electron chi connectivity index (χ4n) is 3.60. The van der Waals surface area contributed by atoms with E-state index in [0.29, 0.717) is 0 Å². The van der Waals surface area contributed by atoms with Crippen LogP contribution in [0.25, 0.3) is 0 Å². The van der Waals surface area contributed by atoms with Crippen LogP contribution in [0.3, 0.4) is 0 Å². The predicted molar refractivity (Wildman–Crippen MR) is 53.0 cm³/mol. The Morgan fingerprint density at radius 1 is 0.750 bits per heavy atom. The first-order valence-corrected chi connectivity index (χ1v) is 5.51. The van der Waals surface area contributed by atoms with Crippen LogP contribution < -0.4 is 0 Å². The summed E-state index contributed by atoms with van der Waals surface area (Å²) in [5.41, 5.74) is 1.56. The summed E-state index contributed by atoms with van der Waals surface area (Å²) in [6.07, 6.45) is 6.11. The van der Waals surface area contributed by atoms with Crippen LogP contribution in [0.2, 0.25) is 0 Å². The molecule has 0 heterocycles. The zero-order valence-corrected chi connectivity index (χ0v) is 8.98. The van der Waals surface area contributed by atoms with E-state index in [2.05, 4.69) is 27.7 Å². The largest absolute Gasteiger partial charge is 0.0622 e. The molecule has 3 fully saturated rings. The normalized spacial score (nSPS) is 45.5. The van der Waals surface area contributed by atoms with Crippen LogP contribution in [0, 0.1) is 22.7 Å². The van der Waals surface area contributed by atoms with E-state index < -0.39 is 0 Å². The Labute approximate surface area is 76.7 Å². The first-order valence-electron chi connectivity index (χ1n) is 5.51. The van der Waals surface area contributed by atoms with Gasteiger partial charge < -0.3 is 0 Å². The zero-order chi connectivity index (χ0) is 8.98. The lowest BCUT2D eigenvalue weighted by Crippen LogP contribution is -2.43. The van der Waals surface area contributed by atoms with Crippen LogP contribution in [0.4, 0.5) is 0 Å². The Balaban J connectivity index is 2.10. The van der Waals surface area contributed by atoms with Crippen molar-refractivity contribution in [3.8, 4) is 0 Å². The molecule has 0 atom stereocenters. The molecule has 0 saturated heterocycles. The third-order valence-corrected chi connectivity index (χ3v) is 4.98. The van der Waals surface area contributed by atoms with Gasteiger partial charge in [-0.05, 0) is 48.3 Å². The maximum absolute atomic E-state index is 2.41. The van der Waals surface area contributed by atoms with Crippen molar-refractivity contribution in [3.63, 3.8) is 0 Å². The molecule has 3 saturated carbocycles. The van der Waals surface area contributed by atoms with Gasteiger partial charge in [-0.2, -0.15) is 0 Å². The van der Waals surface area contributed by atoms with Gasteiger partial charge in [0.15, 0.2) is 0 Å². The summed E-state index contributed by atoms with van der Waals surface area (Å²) >= 11 is 0. The molecule has 0 radical (unpaired) electrons. The second kappa shape index (κ2) is 2.27. The molecule has 0 unspecified atom stereocenters. The highest BCUT2D eigenvalue weighted by Gasteiger charge is 2.62. The Bertz CT molecular complexity index is 162. The maximum atomic E-state index is 2.41. The summed E-state index contributed by atoms with van der Waals surface area (Å²) in [6.45, 7) is 9.65. The second-order valence-electron chi connectivity index (χ2n) is 5.89. The average Bonchev–Trinajstić information content (AvgIpc) is 2.37. The highest BCUT2D eigenvalue weighted by Crippen LogP contribution is 2.72. The van der Waals surface area contributed by atoms with Crippen molar-refractivity contribution < 1.29 is 0 Å². The molecule has 0 nitrogen and oxygen atoms in total. The van der Waals surface area contributed by atoms with Gasteiger partial charge >= 0.3 is 0 Å². The van der Waals surface area contributed by atoms with E-state index in [1.54, 1.807) is 0 Å². The summed E-state index contributed by atoms with van der Waals surface area (Å²) < 4.78 is 0. The summed E-state index contributed by atoms with van der Waals surface area (Å²) in [4.78, 5) is 0. The fraction of sp³-hybridized carbons (Fsp3) is 1.00. The third kappa shape index (κ3) is 0.843. The standard InChI is InChI=1S/C12H22/c1-9(2)11-5-6-12(7-11,8-11)10(3)4/h9-10H,5-8H2,1-4H3. The van der Waals surface area contributed by atoms with Crippen LogP contribution in [0.5, 0.6) is 0 Å². The molecule has 70 valence electrons. The molecule has 0 amide bonds. The molecule has 0 N–H and O–H groups in total. The SMILES string of the molecule is CC(C)C12CCC(C(C)C)(C1)C2. The lowest BCUT2D eigenvalue weighted by atomic mass is 9.52. The van der Waals surface area contributed by atoms with Crippen molar-refractivity contribution in [2.75, 3.05) is 0 Å². The van der Waals surface area contributed by atoms with E-state index in [9.17, 15) is 0 Å². The molecule has 2 bridgehead atoms. The van der Waals surface area contributed by atoms with Crippen molar-refractivity contribution in [1.82, 2.24) is 0 Å². The van der Waals surface area contributed by atoms with Gasteiger partial charge in [0.2, 0.25) is 0 Å². The molecule has 3 aliphatic rings. The van der Waals surface area contributed by atoms with Gasteiger partial charge in [-0.1, -0.05) is 27.7 Å². The van der Waals surface area contributed by atoms with Crippen molar-refractivity contribution in [3.05, 3.63) is 0 Å². The van der Waals surface area contributed by atoms with Crippen LogP contribution in [-0.4, -0.2) is 0 Å². The maximum Gasteiger partial charge on any atom is -0.0263 e. The molecule has 0 aromatic heterocycles. The molecule has 0 aliphatic heterocycles. The Morgan fingerprint density at radius 2 is 1.08 bits per heavy atom. The van der Waals surface area contributed by atoms with Gasteiger partial charge in [-0.25, -0.2) is 0 Å². The monoisotopic (exact) mass is 166 g/mol. The molecule has 0 spiro atoms. The molecule has 12 heavy (non-hydrogen) atoms. The molecular formula is C12H22. The van der Waals surface area contributed by atoms with E-state index >= 15 is 0 Å². The minimum Gasteiger partial charge on any atom is -0.0622 e. The van der Waals surface area contributed by atoms with E-state index in [4.69, 9.17) is 0 Å². The van der Waals surface area contributed by atoms with Gasteiger partial charge in [0.25, 0.3) is 0 Å². The van der Waals surface area contributed by atoms with Crippen molar-refractivity contribution >= 4 is 0 Å². The number of hydrogen-bond acceptors (Lipinski definition) is 0. The molecular weight excluding hydrogens is 144 g/mol. The van der Waals surface area contributed by atoms with E-state index in [-0.39, 0.29) is 0 Å². The first-order chi connectivity index (χ1) is 5.51. The molecule has 3 aliphatic carbocycles. The van der Waals surface area contributed by atoms with Crippen molar-refractivity contribution in [2.24, 2.45) is 22.7 Å². The van der Waals surface area contributed by atoms with Crippen molar-refractivity contribution in [2.45, 2.75) is 53.4 Å². The summed E-state index contributed by atoms with van der Waals surface area (Å²) in [5, 5.41) is 0. The van der Waals surface area contributed by atoms with E-state index in [1.165, 1.54) is 25.7 Å². The predicted octanol–water partition coefficient (Wildman–Crippen LogP) is 3.86. The quantitative estimate of drug-likeness (QED) is 0.584. The highest BCUT2D eigenvalue weighted by molar-refractivity contribution is 5.12. The number of fused-ring (bicyclic) bond motifs is 1. The number of rotatable bonds is 2. The topological polar surface area (TPSA) is 0 Å². The lowest BCUT2D eigenvalue weighted by Gasteiger charge is -2.52. The summed E-state index contributed by atoms with van der Waals surface area (Å²) in [6, 6.07) is 0. The lowest BCUT2D eigenvalue weighted by molar-refractivity contribution is -0.0270. The zero-order valence-electron chi connectivity index (χ0n) is 8.98. The van der Waals surface area contributed by atoms with Crippen molar-refractivity contribution in [1.29, 1.82) is 0 Å². The Hall–Kier alpha value is 0. The van der Waals surface area contributed by atoms with E-state index in [1.807, 2.05) is 0 Å². The minimum atomic E-state index is 0.782. The summed E-state index contributed by atoms with van der Waals surface area (Å²) in [5.74, 6) is 1.85. The van der Waals surface area contributed by atoms with Gasteiger partial charge in [0, 0.05) is 0 Å².